The third-order valence-electron chi connectivity index (χ3n) is 2.99. The highest BCUT2D eigenvalue weighted by molar-refractivity contribution is 9.10. The number of thiazole rings is 1. The van der Waals surface area contributed by atoms with Gasteiger partial charge in [-0.15, -0.1) is 0 Å². The van der Waals surface area contributed by atoms with Crippen molar-refractivity contribution in [1.82, 2.24) is 15.3 Å². The smallest absolute Gasteiger partial charge is 0.321 e. The number of fused-ring (bicyclic) bond motifs is 1. The Morgan fingerprint density at radius 1 is 1.41 bits per heavy atom. The zero-order valence-corrected chi connectivity index (χ0v) is 14.2. The van der Waals surface area contributed by atoms with Gasteiger partial charge in [0.05, 0.1) is 10.2 Å². The molecule has 0 aliphatic carbocycles. The molecule has 2 heterocycles. The van der Waals surface area contributed by atoms with E-state index in [4.69, 9.17) is 0 Å². The highest BCUT2D eigenvalue weighted by atomic mass is 79.9. The van der Waals surface area contributed by atoms with Crippen LogP contribution in [-0.4, -0.2) is 22.5 Å². The van der Waals surface area contributed by atoms with Gasteiger partial charge in [0.1, 0.15) is 0 Å². The highest BCUT2D eigenvalue weighted by Gasteiger charge is 2.13. The van der Waals surface area contributed by atoms with E-state index in [1.807, 2.05) is 31.2 Å². The maximum Gasteiger partial charge on any atom is 0.321 e. The Kier molecular flexibility index (Phi) is 4.35. The minimum atomic E-state index is -0.247. The van der Waals surface area contributed by atoms with Crippen molar-refractivity contribution in [1.29, 1.82) is 0 Å². The molecule has 0 unspecified atom stereocenters. The Morgan fingerprint density at radius 3 is 3.00 bits per heavy atom. The second kappa shape index (κ2) is 6.41. The molecule has 3 rings (SSSR count). The van der Waals surface area contributed by atoms with Crippen LogP contribution in [0.2, 0.25) is 0 Å². The van der Waals surface area contributed by atoms with Gasteiger partial charge in [-0.1, -0.05) is 33.3 Å². The van der Waals surface area contributed by atoms with Crippen molar-refractivity contribution >= 4 is 48.6 Å². The van der Waals surface area contributed by atoms with Crippen molar-refractivity contribution in [3.05, 3.63) is 41.1 Å². The molecule has 0 atom stereocenters. The summed E-state index contributed by atoms with van der Waals surface area (Å²) in [5.74, 6) is 0. The lowest BCUT2D eigenvalue weighted by atomic mass is 10.1. The van der Waals surface area contributed by atoms with E-state index < -0.39 is 0 Å². The number of benzene rings is 1. The Morgan fingerprint density at radius 2 is 2.27 bits per heavy atom. The molecule has 2 aromatic heterocycles. The molecule has 0 fully saturated rings. The molecule has 0 aliphatic heterocycles. The van der Waals surface area contributed by atoms with Crippen molar-refractivity contribution in [3.63, 3.8) is 0 Å². The number of carbonyl (C=O) groups is 1. The molecular weight excluding hydrogens is 364 g/mol. The van der Waals surface area contributed by atoms with Crippen LogP contribution in [-0.2, 0) is 0 Å². The van der Waals surface area contributed by atoms with Gasteiger partial charge in [0.2, 0.25) is 0 Å². The van der Waals surface area contributed by atoms with Crippen LogP contribution < -0.4 is 10.6 Å². The Balaban J connectivity index is 2.06. The number of amides is 2. The summed E-state index contributed by atoms with van der Waals surface area (Å²) in [5.41, 5.74) is 2.83. The SMILES string of the molecule is CCNC(=O)Nc1nc2c(-c3cccnc3)cc(Br)cc2s1. The zero-order valence-electron chi connectivity index (χ0n) is 11.8. The van der Waals surface area contributed by atoms with Crippen molar-refractivity contribution in [2.75, 3.05) is 11.9 Å². The number of hydrogen-bond donors (Lipinski definition) is 2. The Bertz CT molecular complexity index is 819. The van der Waals surface area contributed by atoms with Crippen LogP contribution in [0.15, 0.2) is 41.1 Å². The number of urea groups is 1. The average molecular weight is 377 g/mol. The predicted octanol–water partition coefficient (Wildman–Crippen LogP) is 4.26. The molecule has 5 nitrogen and oxygen atoms in total. The van der Waals surface area contributed by atoms with E-state index in [1.165, 1.54) is 11.3 Å². The van der Waals surface area contributed by atoms with Gasteiger partial charge >= 0.3 is 6.03 Å². The first-order chi connectivity index (χ1) is 10.7. The summed E-state index contributed by atoms with van der Waals surface area (Å²) in [7, 11) is 0. The number of nitrogens with one attached hydrogen (secondary N) is 2. The summed E-state index contributed by atoms with van der Waals surface area (Å²) in [4.78, 5) is 20.3. The van der Waals surface area contributed by atoms with Gasteiger partial charge in [-0.05, 0) is 25.1 Å². The van der Waals surface area contributed by atoms with E-state index in [-0.39, 0.29) is 6.03 Å². The molecular formula is C15H13BrN4OS. The second-order valence-corrected chi connectivity index (χ2v) is 6.49. The lowest BCUT2D eigenvalue weighted by Gasteiger charge is -2.03. The number of hydrogen-bond acceptors (Lipinski definition) is 4. The Labute approximate surface area is 139 Å². The number of aromatic nitrogens is 2. The molecule has 3 aromatic rings. The van der Waals surface area contributed by atoms with Crippen LogP contribution in [0.1, 0.15) is 6.92 Å². The molecule has 2 amide bonds. The quantitative estimate of drug-likeness (QED) is 0.717. The van der Waals surface area contributed by atoms with Gasteiger partial charge < -0.3 is 5.32 Å². The van der Waals surface area contributed by atoms with E-state index in [1.54, 1.807) is 12.4 Å². The molecule has 0 aliphatic rings. The van der Waals surface area contributed by atoms with Gasteiger partial charge in [-0.3, -0.25) is 10.3 Å². The topological polar surface area (TPSA) is 66.9 Å². The molecule has 0 saturated carbocycles. The third-order valence-corrected chi connectivity index (χ3v) is 4.37. The molecule has 0 bridgehead atoms. The summed E-state index contributed by atoms with van der Waals surface area (Å²) < 4.78 is 1.96. The second-order valence-electron chi connectivity index (χ2n) is 4.55. The van der Waals surface area contributed by atoms with Gasteiger partial charge in [0.25, 0.3) is 0 Å². The fourth-order valence-electron chi connectivity index (χ4n) is 2.09. The highest BCUT2D eigenvalue weighted by Crippen LogP contribution is 2.36. The maximum absolute atomic E-state index is 11.6. The van der Waals surface area contributed by atoms with Gasteiger partial charge in [-0.25, -0.2) is 9.78 Å². The normalized spacial score (nSPS) is 10.6. The number of carbonyl (C=O) groups excluding carboxylic acids is 1. The summed E-state index contributed by atoms with van der Waals surface area (Å²) in [6.07, 6.45) is 3.54. The predicted molar refractivity (Wildman–Crippen MR) is 93.2 cm³/mol. The number of anilines is 1. The standard InChI is InChI=1S/C15H13BrN4OS/c1-2-18-14(21)20-15-19-13-11(9-4-3-5-17-8-9)6-10(16)7-12(13)22-15/h3-8H,2H2,1H3,(H2,18,19,20,21). The van der Waals surface area contributed by atoms with Crippen LogP contribution in [0, 0.1) is 0 Å². The monoisotopic (exact) mass is 376 g/mol. The maximum atomic E-state index is 11.6. The lowest BCUT2D eigenvalue weighted by molar-refractivity contribution is 0.252. The first kappa shape index (κ1) is 14.9. The molecule has 0 saturated heterocycles. The Hall–Kier alpha value is -1.99. The first-order valence-corrected chi connectivity index (χ1v) is 8.33. The molecule has 0 radical (unpaired) electrons. The first-order valence-electron chi connectivity index (χ1n) is 6.72. The fraction of sp³-hybridized carbons (Fsp3) is 0.133. The third kappa shape index (κ3) is 3.10. The van der Waals surface area contributed by atoms with Crippen molar-refractivity contribution in [2.45, 2.75) is 6.92 Å². The van der Waals surface area contributed by atoms with Crippen LogP contribution in [0.3, 0.4) is 0 Å². The van der Waals surface area contributed by atoms with E-state index in [9.17, 15) is 4.79 Å². The van der Waals surface area contributed by atoms with Crippen molar-refractivity contribution < 1.29 is 4.79 Å². The fourth-order valence-corrected chi connectivity index (χ4v) is 3.63. The molecule has 112 valence electrons. The van der Waals surface area contributed by atoms with Gasteiger partial charge in [0, 0.05) is 34.5 Å². The lowest BCUT2D eigenvalue weighted by Crippen LogP contribution is -2.28. The summed E-state index contributed by atoms with van der Waals surface area (Å²) in [6.45, 7) is 2.44. The van der Waals surface area contributed by atoms with Gasteiger partial charge in [-0.2, -0.15) is 0 Å². The van der Waals surface area contributed by atoms with Crippen LogP contribution in [0.5, 0.6) is 0 Å². The number of nitrogens with zero attached hydrogens (tertiary/aromatic N) is 2. The molecule has 0 spiro atoms. The summed E-state index contributed by atoms with van der Waals surface area (Å²) in [6, 6.07) is 7.64. The minimum Gasteiger partial charge on any atom is -0.338 e. The van der Waals surface area contributed by atoms with Crippen LogP contribution in [0.4, 0.5) is 9.93 Å². The minimum absolute atomic E-state index is 0.247. The van der Waals surface area contributed by atoms with Crippen LogP contribution in [0.25, 0.3) is 21.3 Å². The van der Waals surface area contributed by atoms with Gasteiger partial charge in [0.15, 0.2) is 5.13 Å². The van der Waals surface area contributed by atoms with E-state index in [2.05, 4.69) is 36.5 Å². The van der Waals surface area contributed by atoms with E-state index in [0.717, 1.165) is 25.8 Å². The summed E-state index contributed by atoms with van der Waals surface area (Å²) >= 11 is 4.97. The molecule has 2 N–H and O–H groups in total. The largest absolute Gasteiger partial charge is 0.338 e. The zero-order chi connectivity index (χ0) is 15.5. The summed E-state index contributed by atoms with van der Waals surface area (Å²) in [5, 5.41) is 6.02. The molecule has 7 heteroatoms. The average Bonchev–Trinajstić information content (AvgIpc) is 2.89. The number of rotatable bonds is 3. The van der Waals surface area contributed by atoms with E-state index >= 15 is 0 Å². The van der Waals surface area contributed by atoms with Crippen molar-refractivity contribution in [2.24, 2.45) is 0 Å². The van der Waals surface area contributed by atoms with Crippen molar-refractivity contribution in [3.8, 4) is 11.1 Å². The molecule has 1 aromatic carbocycles. The molecule has 22 heavy (non-hydrogen) atoms. The van der Waals surface area contributed by atoms with Crippen LogP contribution >= 0.6 is 27.3 Å². The van der Waals surface area contributed by atoms with E-state index in [0.29, 0.717) is 11.7 Å². The number of halogens is 1. The number of pyridine rings is 1.